The van der Waals surface area contributed by atoms with Gasteiger partial charge in [-0.2, -0.15) is 0 Å². The molecule has 1 amide bonds. The Hall–Kier alpha value is -3.29. The standard InChI is InChI=1S/C15H13N3O5/c1-9-3-6-13(10(2)7-9)16-15(19)12-5-4-11(17(20)21)8-14(12)18(22)23/h3-8H,1-2H3,(H,16,19). The number of anilines is 1. The summed E-state index contributed by atoms with van der Waals surface area (Å²) in [6.45, 7) is 3.70. The normalized spacial score (nSPS) is 10.2. The van der Waals surface area contributed by atoms with E-state index in [0.717, 1.165) is 29.3 Å². The topological polar surface area (TPSA) is 115 Å². The van der Waals surface area contributed by atoms with Gasteiger partial charge in [0, 0.05) is 11.8 Å². The number of carbonyl (C=O) groups excluding carboxylic acids is 1. The van der Waals surface area contributed by atoms with Crippen molar-refractivity contribution in [3.8, 4) is 0 Å². The van der Waals surface area contributed by atoms with E-state index in [2.05, 4.69) is 5.32 Å². The van der Waals surface area contributed by atoms with Crippen molar-refractivity contribution < 1.29 is 14.6 Å². The fourth-order valence-corrected chi connectivity index (χ4v) is 2.12. The highest BCUT2D eigenvalue weighted by atomic mass is 16.6. The van der Waals surface area contributed by atoms with Gasteiger partial charge < -0.3 is 5.32 Å². The Morgan fingerprint density at radius 2 is 1.70 bits per heavy atom. The minimum Gasteiger partial charge on any atom is -0.322 e. The summed E-state index contributed by atoms with van der Waals surface area (Å²) in [5.74, 6) is -0.696. The predicted octanol–water partition coefficient (Wildman–Crippen LogP) is 3.37. The molecule has 0 fully saturated rings. The molecular formula is C15H13N3O5. The number of rotatable bonds is 4. The molecule has 8 heteroatoms. The summed E-state index contributed by atoms with van der Waals surface area (Å²) >= 11 is 0. The van der Waals surface area contributed by atoms with Crippen LogP contribution in [0.3, 0.4) is 0 Å². The summed E-state index contributed by atoms with van der Waals surface area (Å²) < 4.78 is 0. The Bertz CT molecular complexity index is 817. The maximum Gasteiger partial charge on any atom is 0.289 e. The van der Waals surface area contributed by atoms with E-state index in [1.807, 2.05) is 13.0 Å². The van der Waals surface area contributed by atoms with Crippen LogP contribution in [-0.2, 0) is 0 Å². The second kappa shape index (κ2) is 6.22. The van der Waals surface area contributed by atoms with Crippen molar-refractivity contribution in [1.82, 2.24) is 0 Å². The number of nitro benzene ring substituents is 2. The number of nitrogens with zero attached hydrogens (tertiary/aromatic N) is 2. The van der Waals surface area contributed by atoms with Gasteiger partial charge in [0.05, 0.1) is 15.9 Å². The van der Waals surface area contributed by atoms with Crippen molar-refractivity contribution in [3.63, 3.8) is 0 Å². The van der Waals surface area contributed by atoms with Crippen LogP contribution in [0.5, 0.6) is 0 Å². The lowest BCUT2D eigenvalue weighted by atomic mass is 10.1. The number of nitrogens with one attached hydrogen (secondary N) is 1. The molecule has 0 spiro atoms. The Labute approximate surface area is 131 Å². The predicted molar refractivity (Wildman–Crippen MR) is 83.6 cm³/mol. The number of amides is 1. The van der Waals surface area contributed by atoms with Crippen LogP contribution in [0.2, 0.25) is 0 Å². The average Bonchev–Trinajstić information content (AvgIpc) is 2.49. The molecule has 0 aliphatic rings. The molecule has 1 N–H and O–H groups in total. The molecule has 2 aromatic rings. The molecule has 0 unspecified atom stereocenters. The molecule has 0 atom stereocenters. The molecule has 0 radical (unpaired) electrons. The van der Waals surface area contributed by atoms with E-state index in [-0.39, 0.29) is 5.56 Å². The fraction of sp³-hybridized carbons (Fsp3) is 0.133. The van der Waals surface area contributed by atoms with Crippen LogP contribution >= 0.6 is 0 Å². The minimum absolute atomic E-state index is 0.236. The maximum absolute atomic E-state index is 12.3. The molecule has 0 saturated heterocycles. The minimum atomic E-state index is -0.816. The van der Waals surface area contributed by atoms with E-state index >= 15 is 0 Å². The van der Waals surface area contributed by atoms with E-state index in [1.54, 1.807) is 19.1 Å². The highest BCUT2D eigenvalue weighted by Gasteiger charge is 2.24. The van der Waals surface area contributed by atoms with E-state index in [1.165, 1.54) is 0 Å². The highest BCUT2D eigenvalue weighted by molar-refractivity contribution is 6.07. The average molecular weight is 315 g/mol. The zero-order chi connectivity index (χ0) is 17.1. The molecule has 2 aromatic carbocycles. The Morgan fingerprint density at radius 1 is 1.00 bits per heavy atom. The smallest absolute Gasteiger partial charge is 0.289 e. The van der Waals surface area contributed by atoms with Crippen LogP contribution in [0.15, 0.2) is 36.4 Å². The SMILES string of the molecule is Cc1ccc(NC(=O)c2ccc([N+](=O)[O-])cc2[N+](=O)[O-])c(C)c1. The van der Waals surface area contributed by atoms with Crippen LogP contribution in [-0.4, -0.2) is 15.8 Å². The first-order valence-corrected chi connectivity index (χ1v) is 6.61. The summed E-state index contributed by atoms with van der Waals surface area (Å²) in [5, 5.41) is 24.4. The monoisotopic (exact) mass is 315 g/mol. The quantitative estimate of drug-likeness (QED) is 0.686. The summed E-state index contributed by atoms with van der Waals surface area (Å²) in [6, 6.07) is 8.27. The first kappa shape index (κ1) is 16.1. The molecule has 0 bridgehead atoms. The molecule has 0 heterocycles. The first-order valence-electron chi connectivity index (χ1n) is 6.61. The lowest BCUT2D eigenvalue weighted by molar-refractivity contribution is -0.394. The second-order valence-corrected chi connectivity index (χ2v) is 4.99. The third-order valence-electron chi connectivity index (χ3n) is 3.26. The highest BCUT2D eigenvalue weighted by Crippen LogP contribution is 2.26. The lowest BCUT2D eigenvalue weighted by Crippen LogP contribution is -2.15. The van der Waals surface area contributed by atoms with Crippen LogP contribution < -0.4 is 5.32 Å². The largest absolute Gasteiger partial charge is 0.322 e. The van der Waals surface area contributed by atoms with Crippen molar-refractivity contribution in [2.75, 3.05) is 5.32 Å². The number of carbonyl (C=O) groups is 1. The molecule has 0 saturated carbocycles. The van der Waals surface area contributed by atoms with Crippen molar-refractivity contribution in [2.24, 2.45) is 0 Å². The van der Waals surface area contributed by atoms with Crippen LogP contribution in [0.25, 0.3) is 0 Å². The summed E-state index contributed by atoms with van der Waals surface area (Å²) in [4.78, 5) is 32.5. The lowest BCUT2D eigenvalue weighted by Gasteiger charge is -2.09. The Morgan fingerprint density at radius 3 is 2.26 bits per heavy atom. The zero-order valence-corrected chi connectivity index (χ0v) is 12.4. The number of benzene rings is 2. The van der Waals surface area contributed by atoms with Crippen molar-refractivity contribution >= 4 is 23.0 Å². The van der Waals surface area contributed by atoms with Gasteiger partial charge in [0.2, 0.25) is 0 Å². The third-order valence-corrected chi connectivity index (χ3v) is 3.26. The Kier molecular flexibility index (Phi) is 4.35. The van der Waals surface area contributed by atoms with Crippen LogP contribution in [0, 0.1) is 34.1 Å². The maximum atomic E-state index is 12.3. The number of hydrogen-bond acceptors (Lipinski definition) is 5. The van der Waals surface area contributed by atoms with E-state index < -0.39 is 27.1 Å². The summed E-state index contributed by atoms with van der Waals surface area (Å²) in [5.41, 5.74) is 1.06. The molecule has 0 aliphatic carbocycles. The van der Waals surface area contributed by atoms with Gasteiger partial charge in [-0.15, -0.1) is 0 Å². The molecule has 23 heavy (non-hydrogen) atoms. The fourth-order valence-electron chi connectivity index (χ4n) is 2.12. The zero-order valence-electron chi connectivity index (χ0n) is 12.4. The third kappa shape index (κ3) is 3.49. The molecule has 0 aliphatic heterocycles. The van der Waals surface area contributed by atoms with Gasteiger partial charge in [-0.3, -0.25) is 25.0 Å². The molecule has 2 rings (SSSR count). The molecular weight excluding hydrogens is 302 g/mol. The first-order chi connectivity index (χ1) is 10.8. The van der Waals surface area contributed by atoms with Crippen LogP contribution in [0.1, 0.15) is 21.5 Å². The van der Waals surface area contributed by atoms with Crippen molar-refractivity contribution in [2.45, 2.75) is 13.8 Å². The van der Waals surface area contributed by atoms with Gasteiger partial charge in [0.15, 0.2) is 0 Å². The van der Waals surface area contributed by atoms with Gasteiger partial charge >= 0.3 is 0 Å². The molecule has 8 nitrogen and oxygen atoms in total. The van der Waals surface area contributed by atoms with E-state index in [4.69, 9.17) is 0 Å². The van der Waals surface area contributed by atoms with Gasteiger partial charge in [0.25, 0.3) is 17.3 Å². The van der Waals surface area contributed by atoms with E-state index in [9.17, 15) is 25.0 Å². The van der Waals surface area contributed by atoms with Crippen molar-refractivity contribution in [1.29, 1.82) is 0 Å². The van der Waals surface area contributed by atoms with Gasteiger partial charge in [-0.05, 0) is 31.5 Å². The van der Waals surface area contributed by atoms with Gasteiger partial charge in [-0.1, -0.05) is 17.7 Å². The van der Waals surface area contributed by atoms with E-state index in [0.29, 0.717) is 5.69 Å². The van der Waals surface area contributed by atoms with Gasteiger partial charge in [-0.25, -0.2) is 0 Å². The van der Waals surface area contributed by atoms with Crippen LogP contribution in [0.4, 0.5) is 17.1 Å². The summed E-state index contributed by atoms with van der Waals surface area (Å²) in [6.07, 6.45) is 0. The number of non-ortho nitro benzene ring substituents is 1. The molecule has 0 aromatic heterocycles. The number of nitro groups is 2. The second-order valence-electron chi connectivity index (χ2n) is 4.99. The van der Waals surface area contributed by atoms with Crippen molar-refractivity contribution in [3.05, 3.63) is 73.3 Å². The Balaban J connectivity index is 2.38. The van der Waals surface area contributed by atoms with Gasteiger partial charge in [0.1, 0.15) is 5.56 Å². The molecule has 118 valence electrons. The summed E-state index contributed by atoms with van der Waals surface area (Å²) in [7, 11) is 0. The number of aryl methyl sites for hydroxylation is 2. The number of hydrogen-bond donors (Lipinski definition) is 1.